The van der Waals surface area contributed by atoms with E-state index >= 15 is 0 Å². The maximum atomic E-state index is 11.7. The van der Waals surface area contributed by atoms with E-state index < -0.39 is 16.1 Å². The number of carbonyl (C=O) groups excluding carboxylic acids is 2. The van der Waals surface area contributed by atoms with Crippen molar-refractivity contribution in [2.24, 2.45) is 5.14 Å². The number of amides is 2. The third kappa shape index (κ3) is 3.52. The number of sulfonamides is 1. The van der Waals surface area contributed by atoms with Crippen LogP contribution in [0.15, 0.2) is 16.3 Å². The van der Waals surface area contributed by atoms with E-state index in [1.165, 1.54) is 6.07 Å². The summed E-state index contributed by atoms with van der Waals surface area (Å²) in [5, 5.41) is 10.2. The highest BCUT2D eigenvalue weighted by Crippen LogP contribution is 2.20. The number of rotatable bonds is 4. The van der Waals surface area contributed by atoms with E-state index in [1.807, 2.05) is 0 Å². The monoisotopic (exact) mass is 303 g/mol. The molecule has 2 amide bonds. The zero-order valence-corrected chi connectivity index (χ0v) is 11.5. The van der Waals surface area contributed by atoms with Gasteiger partial charge in [0.15, 0.2) is 0 Å². The molecule has 1 aliphatic rings. The molecule has 0 aromatic carbocycles. The van der Waals surface area contributed by atoms with Crippen LogP contribution in [0.5, 0.6) is 0 Å². The first-order chi connectivity index (χ1) is 8.86. The topological polar surface area (TPSA) is 118 Å². The molecule has 104 valence electrons. The predicted molar refractivity (Wildman–Crippen MR) is 68.7 cm³/mol. The van der Waals surface area contributed by atoms with E-state index in [1.54, 1.807) is 6.07 Å². The Morgan fingerprint density at radius 2 is 2.26 bits per heavy atom. The molecule has 0 radical (unpaired) electrons. The van der Waals surface area contributed by atoms with Crippen molar-refractivity contribution in [3.05, 3.63) is 17.0 Å². The molecule has 1 unspecified atom stereocenters. The fourth-order valence-electron chi connectivity index (χ4n) is 1.71. The van der Waals surface area contributed by atoms with Crippen molar-refractivity contribution < 1.29 is 18.0 Å². The number of hydrogen-bond donors (Lipinski definition) is 3. The smallest absolute Gasteiger partial charge is 0.247 e. The van der Waals surface area contributed by atoms with Gasteiger partial charge >= 0.3 is 0 Å². The lowest BCUT2D eigenvalue weighted by Crippen LogP contribution is -2.41. The first-order valence-electron chi connectivity index (χ1n) is 5.55. The Morgan fingerprint density at radius 3 is 2.79 bits per heavy atom. The molecule has 9 heteroatoms. The minimum Gasteiger partial charge on any atom is -0.349 e. The van der Waals surface area contributed by atoms with Crippen molar-refractivity contribution in [2.75, 3.05) is 0 Å². The van der Waals surface area contributed by atoms with Gasteiger partial charge in [0, 0.05) is 11.3 Å². The highest BCUT2D eigenvalue weighted by molar-refractivity contribution is 7.91. The predicted octanol–water partition coefficient (Wildman–Crippen LogP) is -0.710. The molecule has 2 rings (SSSR count). The standard InChI is InChI=1S/C10H13N3O4S2/c11-19(16,17)9-4-1-6(18-9)5-12-10(15)7-2-3-8(14)13-7/h1,4,7H,2-3,5H2,(H,12,15)(H,13,14)(H2,11,16,17). The van der Waals surface area contributed by atoms with Gasteiger partial charge in [-0.2, -0.15) is 0 Å². The summed E-state index contributed by atoms with van der Waals surface area (Å²) in [7, 11) is -3.69. The van der Waals surface area contributed by atoms with Crippen molar-refractivity contribution in [1.82, 2.24) is 10.6 Å². The lowest BCUT2D eigenvalue weighted by molar-refractivity contribution is -0.125. The zero-order valence-electron chi connectivity index (χ0n) is 9.88. The lowest BCUT2D eigenvalue weighted by atomic mass is 10.2. The number of primary sulfonamides is 1. The molecule has 1 aliphatic heterocycles. The zero-order chi connectivity index (χ0) is 14.0. The second-order valence-electron chi connectivity index (χ2n) is 4.14. The number of thiophene rings is 1. The summed E-state index contributed by atoms with van der Waals surface area (Å²) in [4.78, 5) is 23.4. The van der Waals surface area contributed by atoms with E-state index in [0.29, 0.717) is 17.7 Å². The van der Waals surface area contributed by atoms with Crippen LogP contribution >= 0.6 is 11.3 Å². The minimum absolute atomic E-state index is 0.0610. The Morgan fingerprint density at radius 1 is 1.53 bits per heavy atom. The molecule has 1 aromatic heterocycles. The van der Waals surface area contributed by atoms with Crippen molar-refractivity contribution in [1.29, 1.82) is 0 Å². The number of hydrogen-bond acceptors (Lipinski definition) is 5. The van der Waals surface area contributed by atoms with Crippen LogP contribution in [0.1, 0.15) is 17.7 Å². The van der Waals surface area contributed by atoms with Gasteiger partial charge in [0.1, 0.15) is 10.3 Å². The van der Waals surface area contributed by atoms with Crippen LogP contribution in [-0.4, -0.2) is 26.3 Å². The maximum Gasteiger partial charge on any atom is 0.247 e. The highest BCUT2D eigenvalue weighted by atomic mass is 32.2. The van der Waals surface area contributed by atoms with Crippen molar-refractivity contribution in [3.63, 3.8) is 0 Å². The number of nitrogens with two attached hydrogens (primary N) is 1. The molecule has 2 heterocycles. The second kappa shape index (κ2) is 5.27. The summed E-state index contributed by atoms with van der Waals surface area (Å²) in [6.07, 6.45) is 0.837. The average molecular weight is 303 g/mol. The lowest BCUT2D eigenvalue weighted by Gasteiger charge is -2.09. The molecular formula is C10H13N3O4S2. The first-order valence-corrected chi connectivity index (χ1v) is 7.91. The largest absolute Gasteiger partial charge is 0.349 e. The minimum atomic E-state index is -3.69. The first kappa shape index (κ1) is 14.0. The summed E-state index contributed by atoms with van der Waals surface area (Å²) >= 11 is 1.01. The van der Waals surface area contributed by atoms with Crippen LogP contribution in [-0.2, 0) is 26.2 Å². The van der Waals surface area contributed by atoms with E-state index in [-0.39, 0.29) is 22.6 Å². The molecule has 1 atom stereocenters. The van der Waals surface area contributed by atoms with Crippen LogP contribution in [0.4, 0.5) is 0 Å². The van der Waals surface area contributed by atoms with Crippen LogP contribution < -0.4 is 15.8 Å². The summed E-state index contributed by atoms with van der Waals surface area (Å²) in [6, 6.07) is 2.50. The molecule has 0 spiro atoms. The van der Waals surface area contributed by atoms with E-state index in [2.05, 4.69) is 10.6 Å². The van der Waals surface area contributed by atoms with Crippen LogP contribution in [0.25, 0.3) is 0 Å². The molecular weight excluding hydrogens is 290 g/mol. The van der Waals surface area contributed by atoms with Gasteiger partial charge in [-0.15, -0.1) is 11.3 Å². The van der Waals surface area contributed by atoms with Gasteiger partial charge in [0.25, 0.3) is 0 Å². The molecule has 0 bridgehead atoms. The SMILES string of the molecule is NS(=O)(=O)c1ccc(CNC(=O)C2CCC(=O)N2)s1. The van der Waals surface area contributed by atoms with Crippen molar-refractivity contribution in [3.8, 4) is 0 Å². The van der Waals surface area contributed by atoms with E-state index in [0.717, 1.165) is 11.3 Å². The van der Waals surface area contributed by atoms with Gasteiger partial charge < -0.3 is 10.6 Å². The second-order valence-corrected chi connectivity index (χ2v) is 7.10. The molecule has 1 aromatic rings. The molecule has 7 nitrogen and oxygen atoms in total. The van der Waals surface area contributed by atoms with Gasteiger partial charge in [-0.05, 0) is 18.6 Å². The van der Waals surface area contributed by atoms with Crippen LogP contribution in [0.2, 0.25) is 0 Å². The highest BCUT2D eigenvalue weighted by Gasteiger charge is 2.26. The third-order valence-corrected chi connectivity index (χ3v) is 5.19. The Balaban J connectivity index is 1.90. The number of nitrogens with one attached hydrogen (secondary N) is 2. The van der Waals surface area contributed by atoms with Crippen LogP contribution in [0, 0.1) is 0 Å². The Labute approximate surface area is 114 Å². The maximum absolute atomic E-state index is 11.7. The molecule has 1 saturated heterocycles. The molecule has 0 aliphatic carbocycles. The fraction of sp³-hybridized carbons (Fsp3) is 0.400. The van der Waals surface area contributed by atoms with Gasteiger partial charge in [0.2, 0.25) is 21.8 Å². The average Bonchev–Trinajstić information content (AvgIpc) is 2.93. The Hall–Kier alpha value is -1.45. The van der Waals surface area contributed by atoms with Gasteiger partial charge in [0.05, 0.1) is 6.54 Å². The summed E-state index contributed by atoms with van der Waals surface area (Å²) in [6.45, 7) is 0.214. The molecule has 19 heavy (non-hydrogen) atoms. The van der Waals surface area contributed by atoms with Gasteiger partial charge in [-0.25, -0.2) is 13.6 Å². The normalized spacial score (nSPS) is 19.2. The van der Waals surface area contributed by atoms with Crippen molar-refractivity contribution >= 4 is 33.2 Å². The molecule has 0 saturated carbocycles. The van der Waals surface area contributed by atoms with Gasteiger partial charge in [-0.3, -0.25) is 9.59 Å². The molecule has 1 fully saturated rings. The van der Waals surface area contributed by atoms with Gasteiger partial charge in [-0.1, -0.05) is 0 Å². The summed E-state index contributed by atoms with van der Waals surface area (Å²) in [5.41, 5.74) is 0. The Bertz CT molecular complexity index is 608. The third-order valence-electron chi connectivity index (χ3n) is 2.67. The van der Waals surface area contributed by atoms with E-state index in [4.69, 9.17) is 5.14 Å². The number of carbonyl (C=O) groups is 2. The quantitative estimate of drug-likeness (QED) is 0.681. The van der Waals surface area contributed by atoms with Crippen LogP contribution in [0.3, 0.4) is 0 Å². The Kier molecular flexibility index (Phi) is 3.88. The summed E-state index contributed by atoms with van der Waals surface area (Å²) < 4.78 is 22.2. The molecule has 4 N–H and O–H groups in total. The van der Waals surface area contributed by atoms with E-state index in [9.17, 15) is 18.0 Å². The van der Waals surface area contributed by atoms with Crippen molar-refractivity contribution in [2.45, 2.75) is 29.6 Å². The summed E-state index contributed by atoms with van der Waals surface area (Å²) in [5.74, 6) is -0.399. The fourth-order valence-corrected chi connectivity index (χ4v) is 3.43.